The molecule has 0 aliphatic carbocycles. The van der Waals surface area contributed by atoms with E-state index in [4.69, 9.17) is 0 Å². The molecule has 0 atom stereocenters. The van der Waals surface area contributed by atoms with Gasteiger partial charge in [0.05, 0.1) is 4.92 Å². The monoisotopic (exact) mass is 409 g/mol. The molecule has 0 bridgehead atoms. The van der Waals surface area contributed by atoms with E-state index < -0.39 is 4.92 Å². The van der Waals surface area contributed by atoms with Crippen molar-refractivity contribution in [3.8, 4) is 0 Å². The molecule has 0 fully saturated rings. The molecular weight excluding hydrogens is 390 g/mol. The summed E-state index contributed by atoms with van der Waals surface area (Å²) in [5.74, 6) is -0.351. The zero-order valence-electron chi connectivity index (χ0n) is 16.8. The van der Waals surface area contributed by atoms with Crippen molar-refractivity contribution in [2.24, 2.45) is 0 Å². The number of benzene rings is 5. The summed E-state index contributed by atoms with van der Waals surface area (Å²) >= 11 is 0. The van der Waals surface area contributed by atoms with Crippen molar-refractivity contribution in [2.75, 3.05) is 12.4 Å². The molecule has 0 spiro atoms. The molecule has 31 heavy (non-hydrogen) atoms. The van der Waals surface area contributed by atoms with E-state index in [2.05, 4.69) is 59.2 Å². The molecule has 1 amide bonds. The number of nitro benzene ring substituents is 1. The molecule has 0 heterocycles. The molecule has 5 rings (SSSR count). The van der Waals surface area contributed by atoms with Crippen LogP contribution in [0.4, 0.5) is 11.4 Å². The van der Waals surface area contributed by atoms with Crippen LogP contribution in [0.3, 0.4) is 0 Å². The van der Waals surface area contributed by atoms with Crippen LogP contribution in [-0.4, -0.2) is 17.9 Å². The van der Waals surface area contributed by atoms with Crippen LogP contribution in [0.2, 0.25) is 0 Å². The van der Waals surface area contributed by atoms with E-state index >= 15 is 0 Å². The predicted molar refractivity (Wildman–Crippen MR) is 124 cm³/mol. The summed E-state index contributed by atoms with van der Waals surface area (Å²) in [6, 6.07) is 23.2. The average Bonchev–Trinajstić information content (AvgIpc) is 2.80. The first-order valence-electron chi connectivity index (χ1n) is 9.96. The number of carbonyl (C=O) groups excluding carboxylic acids is 1. The molecule has 6 nitrogen and oxygen atoms in total. The normalized spacial score (nSPS) is 11.3. The Kier molecular flexibility index (Phi) is 4.40. The first-order valence-corrected chi connectivity index (χ1v) is 9.96. The van der Waals surface area contributed by atoms with E-state index in [-0.39, 0.29) is 17.2 Å². The SMILES string of the molecule is CNc1ccc(C(=O)NCc2ccc3ccc4cccc5ccc2c3c45)cc1[N+](=O)[O-]. The molecule has 2 N–H and O–H groups in total. The van der Waals surface area contributed by atoms with Gasteiger partial charge in [-0.2, -0.15) is 0 Å². The van der Waals surface area contributed by atoms with Crippen LogP contribution in [0.15, 0.2) is 72.8 Å². The Morgan fingerprint density at radius 3 is 2.29 bits per heavy atom. The second-order valence-corrected chi connectivity index (χ2v) is 7.50. The Balaban J connectivity index is 1.49. The van der Waals surface area contributed by atoms with Crippen molar-refractivity contribution >= 4 is 49.6 Å². The first kappa shape index (κ1) is 18.8. The molecule has 5 aromatic rings. The van der Waals surface area contributed by atoms with Crippen LogP contribution in [0.5, 0.6) is 0 Å². The highest BCUT2D eigenvalue weighted by Crippen LogP contribution is 2.35. The first-order chi connectivity index (χ1) is 15.1. The second-order valence-electron chi connectivity index (χ2n) is 7.50. The van der Waals surface area contributed by atoms with Gasteiger partial charge < -0.3 is 10.6 Å². The minimum Gasteiger partial charge on any atom is -0.383 e. The maximum absolute atomic E-state index is 12.7. The highest BCUT2D eigenvalue weighted by atomic mass is 16.6. The smallest absolute Gasteiger partial charge is 0.293 e. The fourth-order valence-corrected chi connectivity index (χ4v) is 4.26. The van der Waals surface area contributed by atoms with Gasteiger partial charge in [-0.25, -0.2) is 0 Å². The van der Waals surface area contributed by atoms with Crippen molar-refractivity contribution in [1.29, 1.82) is 0 Å². The van der Waals surface area contributed by atoms with Gasteiger partial charge in [-0.3, -0.25) is 14.9 Å². The number of nitro groups is 1. The molecular formula is C25H19N3O3. The zero-order chi connectivity index (χ0) is 21.5. The second kappa shape index (κ2) is 7.25. The van der Waals surface area contributed by atoms with E-state index in [9.17, 15) is 14.9 Å². The third-order valence-corrected chi connectivity index (χ3v) is 5.78. The van der Waals surface area contributed by atoms with Crippen molar-refractivity contribution < 1.29 is 9.72 Å². The van der Waals surface area contributed by atoms with Crippen LogP contribution in [0.25, 0.3) is 32.3 Å². The van der Waals surface area contributed by atoms with Gasteiger partial charge in [-0.05, 0) is 50.0 Å². The largest absolute Gasteiger partial charge is 0.383 e. The lowest BCUT2D eigenvalue weighted by Gasteiger charge is -2.14. The zero-order valence-corrected chi connectivity index (χ0v) is 16.8. The van der Waals surface area contributed by atoms with Crippen LogP contribution in [-0.2, 0) is 6.54 Å². The van der Waals surface area contributed by atoms with E-state index in [0.29, 0.717) is 12.2 Å². The number of carbonyl (C=O) groups is 1. The lowest BCUT2D eigenvalue weighted by Crippen LogP contribution is -2.23. The maximum atomic E-state index is 12.7. The summed E-state index contributed by atoms with van der Waals surface area (Å²) in [6.45, 7) is 0.328. The van der Waals surface area contributed by atoms with E-state index in [1.807, 2.05) is 6.07 Å². The molecule has 6 heteroatoms. The van der Waals surface area contributed by atoms with E-state index in [0.717, 1.165) is 16.3 Å². The van der Waals surface area contributed by atoms with Gasteiger partial charge in [0, 0.05) is 25.2 Å². The molecule has 0 aliphatic rings. The molecule has 152 valence electrons. The van der Waals surface area contributed by atoms with Crippen LogP contribution in [0.1, 0.15) is 15.9 Å². The van der Waals surface area contributed by atoms with E-state index in [1.165, 1.54) is 27.6 Å². The number of hydrogen-bond acceptors (Lipinski definition) is 4. The summed E-state index contributed by atoms with van der Waals surface area (Å²) in [6.07, 6.45) is 0. The van der Waals surface area contributed by atoms with Crippen LogP contribution in [0, 0.1) is 10.1 Å². The lowest BCUT2D eigenvalue weighted by molar-refractivity contribution is -0.384. The summed E-state index contributed by atoms with van der Waals surface area (Å²) in [5.41, 5.74) is 1.50. The number of amides is 1. The van der Waals surface area contributed by atoms with Gasteiger partial charge in [-0.1, -0.05) is 54.6 Å². The van der Waals surface area contributed by atoms with Crippen molar-refractivity contribution in [1.82, 2.24) is 5.32 Å². The molecule has 0 unspecified atom stereocenters. The number of hydrogen-bond donors (Lipinski definition) is 2. The van der Waals surface area contributed by atoms with Crippen LogP contribution >= 0.6 is 0 Å². The summed E-state index contributed by atoms with van der Waals surface area (Å²) < 4.78 is 0. The van der Waals surface area contributed by atoms with Gasteiger partial charge >= 0.3 is 0 Å². The van der Waals surface area contributed by atoms with Gasteiger partial charge in [0.1, 0.15) is 5.69 Å². The number of nitrogens with one attached hydrogen (secondary N) is 2. The summed E-state index contributed by atoms with van der Waals surface area (Å²) in [7, 11) is 1.61. The van der Waals surface area contributed by atoms with Crippen molar-refractivity contribution in [2.45, 2.75) is 6.54 Å². The average molecular weight is 409 g/mol. The minimum absolute atomic E-state index is 0.127. The fourth-order valence-electron chi connectivity index (χ4n) is 4.26. The molecule has 0 saturated carbocycles. The Hall–Kier alpha value is -4.19. The standard InChI is InChI=1S/C25H19N3O3/c1-26-21-12-10-18(13-22(21)28(30)31)25(29)27-14-19-8-7-17-6-5-15-3-2-4-16-9-11-20(19)24(17)23(15)16/h2-13,26H,14H2,1H3,(H,27,29). The number of rotatable bonds is 5. The fraction of sp³-hybridized carbons (Fsp3) is 0.0800. The third-order valence-electron chi connectivity index (χ3n) is 5.78. The van der Waals surface area contributed by atoms with Crippen molar-refractivity contribution in [3.05, 3.63) is 94.0 Å². The topological polar surface area (TPSA) is 84.3 Å². The Labute approximate surface area is 178 Å². The predicted octanol–water partition coefficient (Wildman–Crippen LogP) is 5.46. The van der Waals surface area contributed by atoms with Gasteiger partial charge in [0.15, 0.2) is 0 Å². The van der Waals surface area contributed by atoms with Gasteiger partial charge in [0.2, 0.25) is 0 Å². The molecule has 5 aromatic carbocycles. The Morgan fingerprint density at radius 2 is 1.58 bits per heavy atom. The molecule has 0 saturated heterocycles. The summed E-state index contributed by atoms with van der Waals surface area (Å²) in [4.78, 5) is 23.5. The Bertz CT molecular complexity index is 1460. The minimum atomic E-state index is -0.496. The highest BCUT2D eigenvalue weighted by Gasteiger charge is 2.17. The molecule has 0 aromatic heterocycles. The Morgan fingerprint density at radius 1 is 0.903 bits per heavy atom. The third kappa shape index (κ3) is 3.09. The van der Waals surface area contributed by atoms with Crippen LogP contribution < -0.4 is 10.6 Å². The molecule has 0 aliphatic heterocycles. The molecule has 0 radical (unpaired) electrons. The highest BCUT2D eigenvalue weighted by molar-refractivity contribution is 6.23. The van der Waals surface area contributed by atoms with Crippen molar-refractivity contribution in [3.63, 3.8) is 0 Å². The maximum Gasteiger partial charge on any atom is 0.293 e. The number of nitrogens with zero attached hydrogens (tertiary/aromatic N) is 1. The van der Waals surface area contributed by atoms with Gasteiger partial charge in [0.25, 0.3) is 11.6 Å². The number of anilines is 1. The van der Waals surface area contributed by atoms with Gasteiger partial charge in [-0.15, -0.1) is 0 Å². The lowest BCUT2D eigenvalue weighted by atomic mass is 9.92. The quantitative estimate of drug-likeness (QED) is 0.229. The van der Waals surface area contributed by atoms with E-state index in [1.54, 1.807) is 19.2 Å². The summed E-state index contributed by atoms with van der Waals surface area (Å²) in [5, 5.41) is 24.0.